The minimum Gasteiger partial charge on any atom is -0.486 e. The topological polar surface area (TPSA) is 92.8 Å². The minimum absolute atomic E-state index is 0.161. The lowest BCUT2D eigenvalue weighted by molar-refractivity contribution is -0.122. The Morgan fingerprint density at radius 1 is 1.02 bits per heavy atom. The molecule has 2 amide bonds. The summed E-state index contributed by atoms with van der Waals surface area (Å²) in [6.07, 6.45) is 3.24. The Kier molecular flexibility index (Phi) is 9.86. The lowest BCUT2D eigenvalue weighted by Gasteiger charge is -2.22. The van der Waals surface area contributed by atoms with Crippen LogP contribution in [0.15, 0.2) is 72.8 Å². The number of carbonyl (C=O) groups excluding carboxylic acids is 2. The molecule has 45 heavy (non-hydrogen) atoms. The van der Waals surface area contributed by atoms with Crippen molar-refractivity contribution in [1.82, 2.24) is 20.5 Å². The van der Waals surface area contributed by atoms with Gasteiger partial charge in [-0.2, -0.15) is 11.8 Å². The van der Waals surface area contributed by atoms with E-state index in [1.54, 1.807) is 17.8 Å². The predicted octanol–water partition coefficient (Wildman–Crippen LogP) is 5.61. The summed E-state index contributed by atoms with van der Waals surface area (Å²) >= 11 is 1.64. The summed E-state index contributed by atoms with van der Waals surface area (Å²) in [5.41, 5.74) is 5.03. The van der Waals surface area contributed by atoms with Gasteiger partial charge >= 0.3 is 0 Å². The molecule has 9 heteroatoms. The second-order valence-electron chi connectivity index (χ2n) is 11.8. The number of nitrogens with one attached hydrogen (secondary N) is 2. The van der Waals surface area contributed by atoms with E-state index in [4.69, 9.17) is 14.5 Å². The third-order valence-electron chi connectivity index (χ3n) is 8.54. The van der Waals surface area contributed by atoms with Gasteiger partial charge in [0.15, 0.2) is 11.5 Å². The highest BCUT2D eigenvalue weighted by Crippen LogP contribution is 2.35. The molecule has 0 aliphatic carbocycles. The van der Waals surface area contributed by atoms with Crippen LogP contribution < -0.4 is 20.1 Å². The number of thioether (sulfide) groups is 1. The predicted molar refractivity (Wildman–Crippen MR) is 180 cm³/mol. The van der Waals surface area contributed by atoms with Crippen LogP contribution in [-0.4, -0.2) is 72.9 Å². The Morgan fingerprint density at radius 2 is 1.82 bits per heavy atom. The molecule has 1 aromatic heterocycles. The number of ether oxygens (including phenoxy) is 2. The first-order chi connectivity index (χ1) is 21.9. The van der Waals surface area contributed by atoms with Gasteiger partial charge in [-0.15, -0.1) is 0 Å². The van der Waals surface area contributed by atoms with E-state index < -0.39 is 6.04 Å². The summed E-state index contributed by atoms with van der Waals surface area (Å²) in [6, 6.07) is 23.3. The highest BCUT2D eigenvalue weighted by atomic mass is 32.2. The van der Waals surface area contributed by atoms with Gasteiger partial charge in [0.25, 0.3) is 5.91 Å². The second-order valence-corrected chi connectivity index (χ2v) is 12.8. The SMILES string of the molecule is Cc1ccc(CSCC(NC(=O)c2cc(-c3ccc4c(c3)OCCO4)nc3ccccc23)C(=O)NCCC2CCCN2C)cc1. The van der Waals surface area contributed by atoms with Gasteiger partial charge in [-0.25, -0.2) is 4.98 Å². The van der Waals surface area contributed by atoms with Crippen LogP contribution in [0.25, 0.3) is 22.2 Å². The minimum atomic E-state index is -0.695. The number of amides is 2. The van der Waals surface area contributed by atoms with Crippen LogP contribution in [0.4, 0.5) is 0 Å². The van der Waals surface area contributed by atoms with Crippen molar-refractivity contribution in [2.75, 3.05) is 39.1 Å². The number of hydrogen-bond acceptors (Lipinski definition) is 7. The third kappa shape index (κ3) is 7.60. The van der Waals surface area contributed by atoms with E-state index in [0.717, 1.165) is 36.1 Å². The summed E-state index contributed by atoms with van der Waals surface area (Å²) < 4.78 is 11.5. The molecule has 234 valence electrons. The van der Waals surface area contributed by atoms with Crippen LogP contribution in [-0.2, 0) is 10.5 Å². The average molecular weight is 625 g/mol. The van der Waals surface area contributed by atoms with E-state index in [1.165, 1.54) is 17.5 Å². The fourth-order valence-corrected chi connectivity index (χ4v) is 6.96. The summed E-state index contributed by atoms with van der Waals surface area (Å²) in [6.45, 7) is 4.74. The Balaban J connectivity index is 1.22. The molecule has 8 nitrogen and oxygen atoms in total. The van der Waals surface area contributed by atoms with Crippen molar-refractivity contribution >= 4 is 34.5 Å². The molecule has 2 aliphatic heterocycles. The van der Waals surface area contributed by atoms with Gasteiger partial charge in [0.2, 0.25) is 5.91 Å². The molecule has 6 rings (SSSR count). The van der Waals surface area contributed by atoms with E-state index in [-0.39, 0.29) is 11.8 Å². The Hall–Kier alpha value is -4.08. The summed E-state index contributed by atoms with van der Waals surface area (Å²) in [5, 5.41) is 6.93. The zero-order chi connectivity index (χ0) is 31.2. The zero-order valence-electron chi connectivity index (χ0n) is 25.9. The summed E-state index contributed by atoms with van der Waals surface area (Å²) in [4.78, 5) is 34.8. The monoisotopic (exact) mass is 624 g/mol. The van der Waals surface area contributed by atoms with E-state index >= 15 is 0 Å². The number of aryl methyl sites for hydroxylation is 1. The highest BCUT2D eigenvalue weighted by molar-refractivity contribution is 7.98. The number of rotatable bonds is 11. The van der Waals surface area contributed by atoms with Crippen molar-refractivity contribution in [1.29, 1.82) is 0 Å². The average Bonchev–Trinajstić information content (AvgIpc) is 3.48. The molecule has 0 radical (unpaired) electrons. The number of benzene rings is 3. The largest absolute Gasteiger partial charge is 0.486 e. The maximum Gasteiger partial charge on any atom is 0.252 e. The maximum atomic E-state index is 14.0. The van der Waals surface area contributed by atoms with Gasteiger partial charge in [-0.05, 0) is 75.7 Å². The number of para-hydroxylation sites is 1. The standard InChI is InChI=1S/C36H40N4O4S/c1-24-9-11-25(12-10-24)22-45-23-32(36(42)37-16-15-27-6-5-17-40(27)2)39-35(41)29-21-31(38-30-8-4-3-7-28(29)30)26-13-14-33-34(20-26)44-19-18-43-33/h3-4,7-14,20-21,27,32H,5-6,15-19,22-23H2,1-2H3,(H,37,42)(H,39,41). The van der Waals surface area contributed by atoms with Gasteiger partial charge in [0, 0.05) is 35.0 Å². The molecular weight excluding hydrogens is 584 g/mol. The molecule has 0 saturated carbocycles. The lowest BCUT2D eigenvalue weighted by atomic mass is 10.0. The van der Waals surface area contributed by atoms with E-state index in [2.05, 4.69) is 53.8 Å². The van der Waals surface area contributed by atoms with Crippen molar-refractivity contribution < 1.29 is 19.1 Å². The van der Waals surface area contributed by atoms with E-state index in [0.29, 0.717) is 59.8 Å². The smallest absolute Gasteiger partial charge is 0.252 e. The quantitative estimate of drug-likeness (QED) is 0.224. The molecule has 3 aromatic carbocycles. The molecule has 1 fully saturated rings. The fraction of sp³-hybridized carbons (Fsp3) is 0.361. The van der Waals surface area contributed by atoms with Crippen LogP contribution >= 0.6 is 11.8 Å². The summed E-state index contributed by atoms with van der Waals surface area (Å²) in [5.74, 6) is 2.09. The normalized spacial score (nSPS) is 16.8. The second kappa shape index (κ2) is 14.3. The summed E-state index contributed by atoms with van der Waals surface area (Å²) in [7, 11) is 2.14. The molecule has 2 aliphatic rings. The number of fused-ring (bicyclic) bond motifs is 2. The number of carbonyl (C=O) groups is 2. The molecule has 4 aromatic rings. The van der Waals surface area contributed by atoms with Gasteiger partial charge in [0.05, 0.1) is 16.8 Å². The molecule has 1 saturated heterocycles. The van der Waals surface area contributed by atoms with Crippen LogP contribution in [0.3, 0.4) is 0 Å². The van der Waals surface area contributed by atoms with Crippen LogP contribution in [0.2, 0.25) is 0 Å². The molecule has 0 spiro atoms. The number of pyridine rings is 1. The molecular formula is C36H40N4O4S. The fourth-order valence-electron chi connectivity index (χ4n) is 5.94. The number of aromatic nitrogens is 1. The zero-order valence-corrected chi connectivity index (χ0v) is 26.7. The van der Waals surface area contributed by atoms with Crippen molar-refractivity contribution in [3.63, 3.8) is 0 Å². The molecule has 2 unspecified atom stereocenters. The number of nitrogens with zero attached hydrogens (tertiary/aromatic N) is 2. The highest BCUT2D eigenvalue weighted by Gasteiger charge is 2.25. The van der Waals surface area contributed by atoms with E-state index in [1.807, 2.05) is 42.5 Å². The molecule has 2 atom stereocenters. The van der Waals surface area contributed by atoms with E-state index in [9.17, 15) is 9.59 Å². The Bertz CT molecular complexity index is 1660. The maximum absolute atomic E-state index is 14.0. The first-order valence-electron chi connectivity index (χ1n) is 15.7. The molecule has 0 bridgehead atoms. The van der Waals surface area contributed by atoms with Crippen molar-refractivity contribution in [3.8, 4) is 22.8 Å². The van der Waals surface area contributed by atoms with Crippen molar-refractivity contribution in [3.05, 3.63) is 89.5 Å². The Morgan fingerprint density at radius 3 is 2.62 bits per heavy atom. The number of likely N-dealkylation sites (tertiary alicyclic amines) is 1. The van der Waals surface area contributed by atoms with Gasteiger partial charge < -0.3 is 25.0 Å². The first kappa shape index (κ1) is 30.9. The van der Waals surface area contributed by atoms with Crippen LogP contribution in [0.1, 0.15) is 40.7 Å². The van der Waals surface area contributed by atoms with Gasteiger partial charge in [0.1, 0.15) is 19.3 Å². The van der Waals surface area contributed by atoms with Crippen molar-refractivity contribution in [2.24, 2.45) is 0 Å². The lowest BCUT2D eigenvalue weighted by Crippen LogP contribution is -2.49. The van der Waals surface area contributed by atoms with Crippen LogP contribution in [0, 0.1) is 6.92 Å². The number of hydrogen-bond donors (Lipinski definition) is 2. The van der Waals surface area contributed by atoms with Gasteiger partial charge in [-0.3, -0.25) is 9.59 Å². The Labute approximate surface area is 268 Å². The van der Waals surface area contributed by atoms with Crippen LogP contribution in [0.5, 0.6) is 11.5 Å². The first-order valence-corrected chi connectivity index (χ1v) is 16.8. The van der Waals surface area contributed by atoms with Gasteiger partial charge in [-0.1, -0.05) is 48.0 Å². The third-order valence-corrected chi connectivity index (χ3v) is 9.65. The van der Waals surface area contributed by atoms with Crippen molar-refractivity contribution in [2.45, 2.75) is 44.0 Å². The molecule has 3 heterocycles. The molecule has 2 N–H and O–H groups in total.